The van der Waals surface area contributed by atoms with Crippen molar-refractivity contribution in [2.75, 3.05) is 18.5 Å². The van der Waals surface area contributed by atoms with Crippen LogP contribution in [0.5, 0.6) is 5.75 Å². The topological polar surface area (TPSA) is 76.4 Å². The van der Waals surface area contributed by atoms with E-state index in [0.717, 1.165) is 35.4 Å². The normalized spacial score (nSPS) is 10.7. The van der Waals surface area contributed by atoms with E-state index in [4.69, 9.17) is 9.84 Å². The van der Waals surface area contributed by atoms with Crippen LogP contribution in [0.4, 0.5) is 5.82 Å². The Kier molecular flexibility index (Phi) is 5.51. The summed E-state index contributed by atoms with van der Waals surface area (Å²) >= 11 is 0. The van der Waals surface area contributed by atoms with E-state index in [9.17, 15) is 4.79 Å². The van der Waals surface area contributed by atoms with Gasteiger partial charge in [-0.3, -0.25) is 4.79 Å². The Balaban J connectivity index is 1.48. The summed E-state index contributed by atoms with van der Waals surface area (Å²) in [5.74, 6) is 0.897. The first-order chi connectivity index (χ1) is 12.2. The highest BCUT2D eigenvalue weighted by atomic mass is 16.5. The molecular weight excluding hydrogens is 318 g/mol. The molecule has 0 fully saturated rings. The Labute approximate surface area is 146 Å². The molecule has 0 saturated heterocycles. The molecule has 3 aromatic rings. The minimum absolute atomic E-state index is 0.116. The largest absolute Gasteiger partial charge is 0.494 e. The van der Waals surface area contributed by atoms with E-state index in [1.807, 2.05) is 53.2 Å². The van der Waals surface area contributed by atoms with Crippen LogP contribution in [0.15, 0.2) is 54.9 Å². The van der Waals surface area contributed by atoms with Gasteiger partial charge in [-0.05, 0) is 42.8 Å². The summed E-state index contributed by atoms with van der Waals surface area (Å²) in [4.78, 5) is 14.9. The third-order valence-corrected chi connectivity index (χ3v) is 3.87. The molecule has 0 atom stereocenters. The lowest BCUT2D eigenvalue weighted by molar-refractivity contribution is -0.137. The number of nitrogens with one attached hydrogen (secondary N) is 1. The molecule has 0 aliphatic rings. The van der Waals surface area contributed by atoms with Gasteiger partial charge in [-0.25, -0.2) is 4.98 Å². The molecule has 0 aliphatic heterocycles. The number of aliphatic carboxylic acids is 1. The van der Waals surface area contributed by atoms with E-state index in [1.165, 1.54) is 0 Å². The second-order valence-corrected chi connectivity index (χ2v) is 5.72. The quantitative estimate of drug-likeness (QED) is 0.584. The van der Waals surface area contributed by atoms with Gasteiger partial charge in [0.2, 0.25) is 0 Å². The van der Waals surface area contributed by atoms with E-state index in [-0.39, 0.29) is 6.42 Å². The van der Waals surface area contributed by atoms with Crippen molar-refractivity contribution in [2.45, 2.75) is 19.4 Å². The van der Waals surface area contributed by atoms with Gasteiger partial charge in [0.25, 0.3) is 0 Å². The highest BCUT2D eigenvalue weighted by molar-refractivity contribution is 5.81. The first-order valence-corrected chi connectivity index (χ1v) is 8.31. The molecule has 3 rings (SSSR count). The van der Waals surface area contributed by atoms with Crippen molar-refractivity contribution in [2.24, 2.45) is 0 Å². The van der Waals surface area contributed by atoms with Gasteiger partial charge in [-0.1, -0.05) is 6.07 Å². The molecule has 0 spiro atoms. The molecule has 130 valence electrons. The van der Waals surface area contributed by atoms with Crippen molar-refractivity contribution in [3.63, 3.8) is 0 Å². The number of aryl methyl sites for hydroxylation is 1. The smallest absolute Gasteiger partial charge is 0.305 e. The number of hydrogen-bond donors (Lipinski definition) is 2. The molecular formula is C19H21N3O3. The van der Waals surface area contributed by atoms with Gasteiger partial charge in [0.1, 0.15) is 11.6 Å². The molecule has 0 aliphatic carbocycles. The second-order valence-electron chi connectivity index (χ2n) is 5.72. The van der Waals surface area contributed by atoms with E-state index in [2.05, 4.69) is 10.3 Å². The van der Waals surface area contributed by atoms with Crippen molar-refractivity contribution in [3.05, 3.63) is 54.9 Å². The Hall–Kier alpha value is -3.02. The van der Waals surface area contributed by atoms with Gasteiger partial charge in [-0.15, -0.1) is 0 Å². The number of hydrogen-bond acceptors (Lipinski definition) is 4. The zero-order valence-electron chi connectivity index (χ0n) is 13.9. The molecule has 1 aromatic carbocycles. The van der Waals surface area contributed by atoms with Crippen LogP contribution >= 0.6 is 0 Å². The molecule has 25 heavy (non-hydrogen) atoms. The molecule has 2 N–H and O–H groups in total. The zero-order chi connectivity index (χ0) is 17.5. The van der Waals surface area contributed by atoms with Crippen molar-refractivity contribution in [1.29, 1.82) is 0 Å². The van der Waals surface area contributed by atoms with Gasteiger partial charge in [0, 0.05) is 36.4 Å². The predicted molar refractivity (Wildman–Crippen MR) is 97.0 cm³/mol. The molecule has 2 heterocycles. The first-order valence-electron chi connectivity index (χ1n) is 8.31. The Morgan fingerprint density at radius 2 is 2.16 bits per heavy atom. The second kappa shape index (κ2) is 8.19. The van der Waals surface area contributed by atoms with Crippen LogP contribution in [0.25, 0.3) is 10.9 Å². The van der Waals surface area contributed by atoms with Gasteiger partial charge in [-0.2, -0.15) is 0 Å². The average molecular weight is 339 g/mol. The van der Waals surface area contributed by atoms with E-state index in [1.54, 1.807) is 6.20 Å². The number of carboxylic acids is 1. The van der Waals surface area contributed by atoms with Gasteiger partial charge in [0.15, 0.2) is 0 Å². The van der Waals surface area contributed by atoms with Crippen molar-refractivity contribution < 1.29 is 14.6 Å². The van der Waals surface area contributed by atoms with Crippen molar-refractivity contribution in [3.8, 4) is 5.75 Å². The van der Waals surface area contributed by atoms with Crippen LogP contribution in [-0.2, 0) is 11.3 Å². The summed E-state index contributed by atoms with van der Waals surface area (Å²) in [6.45, 7) is 1.88. The lowest BCUT2D eigenvalue weighted by atomic mass is 10.2. The Bertz CT molecular complexity index is 830. The number of benzene rings is 1. The van der Waals surface area contributed by atoms with Crippen LogP contribution < -0.4 is 10.1 Å². The minimum Gasteiger partial charge on any atom is -0.494 e. The van der Waals surface area contributed by atoms with Crippen molar-refractivity contribution in [1.82, 2.24) is 9.55 Å². The fraction of sp³-hybridized carbons (Fsp3) is 0.263. The highest BCUT2D eigenvalue weighted by Gasteiger charge is 2.05. The minimum atomic E-state index is -0.791. The highest BCUT2D eigenvalue weighted by Crippen LogP contribution is 2.22. The fourth-order valence-corrected chi connectivity index (χ4v) is 2.63. The molecule has 0 radical (unpaired) electrons. The summed E-state index contributed by atoms with van der Waals surface area (Å²) in [6, 6.07) is 13.6. The fourth-order valence-electron chi connectivity index (χ4n) is 2.63. The van der Waals surface area contributed by atoms with Gasteiger partial charge >= 0.3 is 5.97 Å². The molecule has 2 aromatic heterocycles. The monoisotopic (exact) mass is 339 g/mol. The number of carboxylic acid groups (broad SMARTS) is 1. The standard InChI is InChI=1S/C19H21N3O3/c23-19(24)8-12-22-11-7-15-14-16(5-6-17(15)22)25-13-3-10-21-18-4-1-2-9-20-18/h1-2,4-7,9,11,14H,3,8,10,12-13H2,(H,20,21)(H,23,24). The van der Waals surface area contributed by atoms with Crippen LogP contribution in [0.2, 0.25) is 0 Å². The number of nitrogens with zero attached hydrogens (tertiary/aromatic N) is 2. The molecule has 6 nitrogen and oxygen atoms in total. The summed E-state index contributed by atoms with van der Waals surface area (Å²) in [5, 5.41) is 13.1. The third-order valence-electron chi connectivity index (χ3n) is 3.87. The molecule has 0 saturated carbocycles. The van der Waals surface area contributed by atoms with E-state index < -0.39 is 5.97 Å². The third kappa shape index (κ3) is 4.73. The lowest BCUT2D eigenvalue weighted by Crippen LogP contribution is -2.08. The molecule has 6 heteroatoms. The SMILES string of the molecule is O=C(O)CCn1ccc2cc(OCCCNc3ccccn3)ccc21. The number of aromatic nitrogens is 2. The molecule has 0 bridgehead atoms. The van der Waals surface area contributed by atoms with Crippen LogP contribution in [0.1, 0.15) is 12.8 Å². The summed E-state index contributed by atoms with van der Waals surface area (Å²) in [5.41, 5.74) is 1.02. The predicted octanol–water partition coefficient (Wildman–Crippen LogP) is 3.39. The zero-order valence-corrected chi connectivity index (χ0v) is 13.9. The average Bonchev–Trinajstić information content (AvgIpc) is 3.03. The van der Waals surface area contributed by atoms with Crippen molar-refractivity contribution >= 4 is 22.7 Å². The number of ether oxygens (including phenoxy) is 1. The Morgan fingerprint density at radius 3 is 2.96 bits per heavy atom. The number of fused-ring (bicyclic) bond motifs is 1. The van der Waals surface area contributed by atoms with Crippen LogP contribution in [-0.4, -0.2) is 33.8 Å². The van der Waals surface area contributed by atoms with Crippen LogP contribution in [0, 0.1) is 0 Å². The molecule has 0 unspecified atom stereocenters. The lowest BCUT2D eigenvalue weighted by Gasteiger charge is -2.08. The number of carbonyl (C=O) groups is 1. The van der Waals surface area contributed by atoms with Gasteiger partial charge in [0.05, 0.1) is 13.0 Å². The maximum absolute atomic E-state index is 10.7. The number of rotatable bonds is 9. The maximum Gasteiger partial charge on any atom is 0.305 e. The van der Waals surface area contributed by atoms with E-state index in [0.29, 0.717) is 13.2 Å². The maximum atomic E-state index is 10.7. The van der Waals surface area contributed by atoms with E-state index >= 15 is 0 Å². The van der Waals surface area contributed by atoms with Gasteiger partial charge < -0.3 is 19.7 Å². The Morgan fingerprint density at radius 1 is 1.24 bits per heavy atom. The summed E-state index contributed by atoms with van der Waals surface area (Å²) in [6.07, 6.45) is 4.66. The summed E-state index contributed by atoms with van der Waals surface area (Å²) < 4.78 is 7.74. The number of anilines is 1. The number of pyridine rings is 1. The van der Waals surface area contributed by atoms with Crippen LogP contribution in [0.3, 0.4) is 0 Å². The molecule has 0 amide bonds. The first kappa shape index (κ1) is 16.8. The summed E-state index contributed by atoms with van der Waals surface area (Å²) in [7, 11) is 0.